The molecule has 0 radical (unpaired) electrons. The zero-order chi connectivity index (χ0) is 21.5. The van der Waals surface area contributed by atoms with Crippen molar-refractivity contribution in [2.75, 3.05) is 39.9 Å². The fourth-order valence-electron chi connectivity index (χ4n) is 3.23. The Morgan fingerprint density at radius 3 is 2.37 bits per heavy atom. The first-order valence-electron chi connectivity index (χ1n) is 9.78. The second-order valence-electron chi connectivity index (χ2n) is 6.72. The number of para-hydroxylation sites is 1. The van der Waals surface area contributed by atoms with Gasteiger partial charge in [-0.2, -0.15) is 0 Å². The van der Waals surface area contributed by atoms with E-state index in [0.29, 0.717) is 54.9 Å². The number of carbonyl (C=O) groups excluding carboxylic acids is 2. The Bertz CT molecular complexity index is 897. The number of carbonyl (C=O) groups is 2. The average molecular weight is 433 g/mol. The van der Waals surface area contributed by atoms with Gasteiger partial charge in [-0.25, -0.2) is 4.79 Å². The van der Waals surface area contributed by atoms with E-state index < -0.39 is 0 Å². The minimum absolute atomic E-state index is 0.0971. The quantitative estimate of drug-likeness (QED) is 0.693. The van der Waals surface area contributed by atoms with Crippen molar-refractivity contribution in [1.82, 2.24) is 9.80 Å². The van der Waals surface area contributed by atoms with Crippen LogP contribution in [0.25, 0.3) is 0 Å². The van der Waals surface area contributed by atoms with Gasteiger partial charge in [0.15, 0.2) is 0 Å². The molecule has 8 heteroatoms. The van der Waals surface area contributed by atoms with Crippen molar-refractivity contribution in [2.45, 2.75) is 13.5 Å². The van der Waals surface area contributed by atoms with Gasteiger partial charge < -0.3 is 24.0 Å². The molecule has 1 aliphatic rings. The largest absolute Gasteiger partial charge is 0.496 e. The molecule has 2 aromatic rings. The maximum atomic E-state index is 13.0. The highest BCUT2D eigenvalue weighted by molar-refractivity contribution is 6.32. The summed E-state index contributed by atoms with van der Waals surface area (Å²) in [6.07, 6.45) is -0.340. The average Bonchev–Trinajstić information content (AvgIpc) is 2.78. The summed E-state index contributed by atoms with van der Waals surface area (Å²) in [5, 5.41) is 0.517. The van der Waals surface area contributed by atoms with Crippen LogP contribution in [0.5, 0.6) is 11.5 Å². The number of methoxy groups -OCH3 is 1. The smallest absolute Gasteiger partial charge is 0.409 e. The molecule has 1 fully saturated rings. The Kier molecular flexibility index (Phi) is 7.41. The van der Waals surface area contributed by atoms with Crippen LogP contribution in [-0.2, 0) is 11.3 Å². The lowest BCUT2D eigenvalue weighted by atomic mass is 10.1. The van der Waals surface area contributed by atoms with Crippen molar-refractivity contribution < 1.29 is 23.8 Å². The van der Waals surface area contributed by atoms with E-state index >= 15 is 0 Å². The van der Waals surface area contributed by atoms with Gasteiger partial charge in [0.1, 0.15) is 18.1 Å². The molecule has 7 nitrogen and oxygen atoms in total. The normalized spacial score (nSPS) is 13.7. The highest BCUT2D eigenvalue weighted by Gasteiger charge is 2.26. The summed E-state index contributed by atoms with van der Waals surface area (Å²) in [5.74, 6) is 1.10. The van der Waals surface area contributed by atoms with Crippen molar-refractivity contribution in [2.24, 2.45) is 0 Å². The molecule has 1 heterocycles. The van der Waals surface area contributed by atoms with E-state index in [0.717, 1.165) is 5.56 Å². The Labute approximate surface area is 181 Å². The van der Waals surface area contributed by atoms with Gasteiger partial charge in [0.05, 0.1) is 18.7 Å². The van der Waals surface area contributed by atoms with E-state index in [1.54, 1.807) is 54.2 Å². The molecule has 3 rings (SSSR count). The molecule has 160 valence electrons. The Hall–Kier alpha value is -2.93. The highest BCUT2D eigenvalue weighted by atomic mass is 35.5. The molecule has 30 heavy (non-hydrogen) atoms. The maximum Gasteiger partial charge on any atom is 0.409 e. The topological polar surface area (TPSA) is 68.3 Å². The molecule has 1 saturated heterocycles. The summed E-state index contributed by atoms with van der Waals surface area (Å²) < 4.78 is 16.2. The first kappa shape index (κ1) is 21.8. The van der Waals surface area contributed by atoms with E-state index in [4.69, 9.17) is 25.8 Å². The predicted molar refractivity (Wildman–Crippen MR) is 113 cm³/mol. The molecule has 0 unspecified atom stereocenters. The number of piperazine rings is 1. The molecule has 0 saturated carbocycles. The standard InChI is InChI=1S/C22H25ClN2O5/c1-3-29-22(27)25-12-10-24(11-13-25)21(26)16-8-9-19(28-2)17(14-16)15-30-20-7-5-4-6-18(20)23/h4-9,14H,3,10-13,15H2,1-2H3. The van der Waals surface area contributed by atoms with Gasteiger partial charge in [-0.15, -0.1) is 0 Å². The molecule has 0 aliphatic carbocycles. The van der Waals surface area contributed by atoms with E-state index in [2.05, 4.69) is 0 Å². The number of halogens is 1. The lowest BCUT2D eigenvalue weighted by Crippen LogP contribution is -2.50. The van der Waals surface area contributed by atoms with Gasteiger partial charge in [-0.1, -0.05) is 23.7 Å². The van der Waals surface area contributed by atoms with E-state index in [9.17, 15) is 9.59 Å². The molecule has 0 spiro atoms. The fourth-order valence-corrected chi connectivity index (χ4v) is 3.42. The van der Waals surface area contributed by atoms with Crippen LogP contribution >= 0.6 is 11.6 Å². The second-order valence-corrected chi connectivity index (χ2v) is 7.13. The van der Waals surface area contributed by atoms with E-state index in [1.165, 1.54) is 0 Å². The third-order valence-corrected chi connectivity index (χ3v) is 5.15. The van der Waals surface area contributed by atoms with E-state index in [1.807, 2.05) is 12.1 Å². The third kappa shape index (κ3) is 5.16. The van der Waals surface area contributed by atoms with Crippen LogP contribution in [0.1, 0.15) is 22.8 Å². The maximum absolute atomic E-state index is 13.0. The summed E-state index contributed by atoms with van der Waals surface area (Å²) in [5.41, 5.74) is 1.28. The number of rotatable bonds is 6. The van der Waals surface area contributed by atoms with Crippen LogP contribution < -0.4 is 9.47 Å². The summed E-state index contributed by atoms with van der Waals surface area (Å²) >= 11 is 6.15. The molecular weight excluding hydrogens is 408 g/mol. The lowest BCUT2D eigenvalue weighted by Gasteiger charge is -2.34. The van der Waals surface area contributed by atoms with Crippen LogP contribution in [-0.4, -0.2) is 61.7 Å². The molecular formula is C22H25ClN2O5. The highest BCUT2D eigenvalue weighted by Crippen LogP contribution is 2.27. The summed E-state index contributed by atoms with van der Waals surface area (Å²) in [4.78, 5) is 28.2. The van der Waals surface area contributed by atoms with Crippen LogP contribution in [0.15, 0.2) is 42.5 Å². The van der Waals surface area contributed by atoms with Crippen molar-refractivity contribution in [3.63, 3.8) is 0 Å². The van der Waals surface area contributed by atoms with Crippen LogP contribution in [0.4, 0.5) is 4.79 Å². The monoisotopic (exact) mass is 432 g/mol. The van der Waals surface area contributed by atoms with Crippen LogP contribution in [0.3, 0.4) is 0 Å². The number of benzene rings is 2. The number of hydrogen-bond donors (Lipinski definition) is 0. The molecule has 0 bridgehead atoms. The van der Waals surface area contributed by atoms with Crippen molar-refractivity contribution in [3.8, 4) is 11.5 Å². The molecule has 2 aromatic carbocycles. The number of amides is 2. The SMILES string of the molecule is CCOC(=O)N1CCN(C(=O)c2ccc(OC)c(COc3ccccc3Cl)c2)CC1. The van der Waals surface area contributed by atoms with Gasteiger partial charge in [0, 0.05) is 37.3 Å². The summed E-state index contributed by atoms with van der Waals surface area (Å²) in [6.45, 7) is 4.12. The molecule has 0 aromatic heterocycles. The van der Waals surface area contributed by atoms with Crippen LogP contribution in [0, 0.1) is 0 Å². The van der Waals surface area contributed by atoms with Gasteiger partial charge in [-0.3, -0.25) is 4.79 Å². The zero-order valence-electron chi connectivity index (χ0n) is 17.1. The second kappa shape index (κ2) is 10.2. The van der Waals surface area contributed by atoms with E-state index in [-0.39, 0.29) is 18.6 Å². The Morgan fingerprint density at radius 1 is 1.00 bits per heavy atom. The van der Waals surface area contributed by atoms with Crippen molar-refractivity contribution in [1.29, 1.82) is 0 Å². The van der Waals surface area contributed by atoms with Gasteiger partial charge in [0.25, 0.3) is 5.91 Å². The lowest BCUT2D eigenvalue weighted by molar-refractivity contribution is 0.0570. The molecule has 0 N–H and O–H groups in total. The summed E-state index contributed by atoms with van der Waals surface area (Å²) in [7, 11) is 1.57. The first-order valence-corrected chi connectivity index (χ1v) is 10.2. The number of ether oxygens (including phenoxy) is 3. The van der Waals surface area contributed by atoms with Crippen LogP contribution in [0.2, 0.25) is 5.02 Å². The van der Waals surface area contributed by atoms with Gasteiger partial charge >= 0.3 is 6.09 Å². The Balaban J connectivity index is 1.67. The number of nitrogens with zero attached hydrogens (tertiary/aromatic N) is 2. The first-order chi connectivity index (χ1) is 14.5. The predicted octanol–water partition coefficient (Wildman–Crippen LogP) is 3.84. The number of hydrogen-bond acceptors (Lipinski definition) is 5. The van der Waals surface area contributed by atoms with Crippen molar-refractivity contribution >= 4 is 23.6 Å². The van der Waals surface area contributed by atoms with Gasteiger partial charge in [0.2, 0.25) is 0 Å². The molecule has 2 amide bonds. The Morgan fingerprint density at radius 2 is 1.70 bits per heavy atom. The summed E-state index contributed by atoms with van der Waals surface area (Å²) in [6, 6.07) is 12.5. The minimum Gasteiger partial charge on any atom is -0.496 e. The minimum atomic E-state index is -0.340. The fraction of sp³-hybridized carbons (Fsp3) is 0.364. The van der Waals surface area contributed by atoms with Crippen molar-refractivity contribution in [3.05, 3.63) is 58.6 Å². The third-order valence-electron chi connectivity index (χ3n) is 4.84. The molecule has 1 aliphatic heterocycles. The van der Waals surface area contributed by atoms with Gasteiger partial charge in [-0.05, 0) is 37.3 Å². The zero-order valence-corrected chi connectivity index (χ0v) is 17.9. The molecule has 0 atom stereocenters.